The average molecular weight is 811 g/mol. The van der Waals surface area contributed by atoms with Gasteiger partial charge in [-0.25, -0.2) is 4.79 Å². The van der Waals surface area contributed by atoms with E-state index < -0.39 is 152 Å². The highest BCUT2D eigenvalue weighted by Crippen LogP contribution is 2.68. The summed E-state index contributed by atoms with van der Waals surface area (Å²) in [6.07, 6.45) is -5.85. The van der Waals surface area contributed by atoms with Gasteiger partial charge in [0.25, 0.3) is 5.56 Å². The first-order chi connectivity index (χ1) is 23.6. The summed E-state index contributed by atoms with van der Waals surface area (Å²) >= 11 is 0. The number of imide groups is 1. The van der Waals surface area contributed by atoms with E-state index >= 15 is 0 Å². The van der Waals surface area contributed by atoms with Gasteiger partial charge in [-0.3, -0.25) is 47.5 Å². The van der Waals surface area contributed by atoms with Crippen LogP contribution in [0.2, 0.25) is 0 Å². The normalized spacial score (nSPS) is 34.3. The molecule has 13 atom stereocenters. The van der Waals surface area contributed by atoms with Crippen molar-refractivity contribution in [3.8, 4) is 0 Å². The summed E-state index contributed by atoms with van der Waals surface area (Å²) in [6, 6.07) is 0.984. The lowest BCUT2D eigenvalue weighted by Crippen LogP contribution is -2.46. The Bertz CT molecular complexity index is 1820. The molecule has 2 saturated heterocycles. The predicted molar refractivity (Wildman–Crippen MR) is 169 cm³/mol. The number of aromatic nitrogens is 2. The number of aliphatic hydroxyl groups excluding tert-OH is 4. The molecule has 2 amide bonds. The van der Waals surface area contributed by atoms with E-state index in [0.29, 0.717) is 0 Å². The Kier molecular flexibility index (Phi) is 13.2. The molecule has 2 fully saturated rings. The Hall–Kier alpha value is -2.00. The van der Waals surface area contributed by atoms with E-state index in [-0.39, 0.29) is 0 Å². The van der Waals surface area contributed by atoms with Crippen LogP contribution in [0, 0.1) is 17.8 Å². The quantitative estimate of drug-likeness (QED) is 0.0580. The number of nitrogens with zero attached hydrogens (tertiary/aromatic N) is 1. The molecule has 23 nitrogen and oxygen atoms in total. The second kappa shape index (κ2) is 16.2. The smallest absolute Gasteiger partial charge is 0.337 e. The van der Waals surface area contributed by atoms with Crippen molar-refractivity contribution >= 4 is 41.7 Å². The van der Waals surface area contributed by atoms with Crippen LogP contribution in [-0.2, 0) is 46.4 Å². The van der Waals surface area contributed by atoms with Gasteiger partial charge in [0, 0.05) is 36.8 Å². The highest BCUT2D eigenvalue weighted by atomic mass is 31.3. The summed E-state index contributed by atoms with van der Waals surface area (Å²) in [4.78, 5) is 90.2. The maximum atomic E-state index is 12.8. The number of rotatable bonds is 16. The summed E-state index contributed by atoms with van der Waals surface area (Å²) in [7, 11) is -20.4. The van der Waals surface area contributed by atoms with Crippen molar-refractivity contribution in [1.82, 2.24) is 14.9 Å². The van der Waals surface area contributed by atoms with Crippen molar-refractivity contribution < 1.29 is 86.4 Å². The first-order valence-corrected chi connectivity index (χ1v) is 22.4. The topological polar surface area (TPSA) is 368 Å². The molecule has 3 aliphatic rings. The minimum absolute atomic E-state index is 0.651. The molecule has 51 heavy (non-hydrogen) atoms. The predicted octanol–water partition coefficient (Wildman–Crippen LogP) is -3.21. The van der Waals surface area contributed by atoms with E-state index in [1.54, 1.807) is 0 Å². The molecule has 4 heterocycles. The molecule has 288 valence electrons. The number of carbonyl (C=O) groups excluding carboxylic acids is 2. The Morgan fingerprint density at radius 2 is 1.35 bits per heavy atom. The van der Waals surface area contributed by atoms with Gasteiger partial charge in [-0.2, -0.15) is 0 Å². The van der Waals surface area contributed by atoms with Gasteiger partial charge >= 0.3 is 20.9 Å². The van der Waals surface area contributed by atoms with Crippen LogP contribution >= 0.6 is 29.9 Å². The lowest BCUT2D eigenvalue weighted by molar-refractivity contribution is -0.135. The molecule has 0 aromatic carbocycles. The molecule has 8 unspecified atom stereocenters. The number of ether oxygens (including phenoxy) is 2. The Morgan fingerprint density at radius 1 is 0.784 bits per heavy atom. The van der Waals surface area contributed by atoms with Crippen LogP contribution in [0.4, 0.5) is 0 Å². The van der Waals surface area contributed by atoms with Gasteiger partial charge < -0.3 is 58.5 Å². The molecule has 4 rings (SSSR count). The molecule has 0 radical (unpaired) electrons. The van der Waals surface area contributed by atoms with Crippen LogP contribution in [0.3, 0.4) is 0 Å². The SMILES string of the molecule is O=C1C=CC([C@@H]2O[C@H](COP(=O)(O)CP(=O)(O)CP(=O)(O)CP(=O)(O)OC[C@H]3O[C@@H](n4ccc(=O)[nH]c4=O)C(CO)C3CO)C(O)[C@@H]2O)C(=O)N1. The molecular formula is C24H37N3O20P4. The summed E-state index contributed by atoms with van der Waals surface area (Å²) in [5, 5.41) is 42.3. The van der Waals surface area contributed by atoms with E-state index in [9.17, 15) is 77.4 Å². The molecule has 27 heteroatoms. The van der Waals surface area contributed by atoms with Gasteiger partial charge in [-0.05, 0) is 0 Å². The van der Waals surface area contributed by atoms with Crippen LogP contribution in [0.1, 0.15) is 6.23 Å². The number of aromatic amines is 1. The third-order valence-corrected chi connectivity index (χ3v) is 19.2. The van der Waals surface area contributed by atoms with Crippen molar-refractivity contribution in [3.05, 3.63) is 45.3 Å². The number of carbonyl (C=O) groups is 2. The zero-order valence-corrected chi connectivity index (χ0v) is 29.7. The van der Waals surface area contributed by atoms with E-state index in [1.807, 2.05) is 10.3 Å². The van der Waals surface area contributed by atoms with Crippen molar-refractivity contribution in [2.24, 2.45) is 17.8 Å². The lowest BCUT2D eigenvalue weighted by Gasteiger charge is -2.24. The highest BCUT2D eigenvalue weighted by Gasteiger charge is 2.50. The Labute approximate surface area is 286 Å². The monoisotopic (exact) mass is 811 g/mol. The fourth-order valence-corrected chi connectivity index (χ4v) is 16.8. The van der Waals surface area contributed by atoms with E-state index in [0.717, 1.165) is 29.0 Å². The molecule has 0 spiro atoms. The Morgan fingerprint density at radius 3 is 1.88 bits per heavy atom. The van der Waals surface area contributed by atoms with E-state index in [2.05, 4.69) is 0 Å². The van der Waals surface area contributed by atoms with Gasteiger partial charge in [-0.1, -0.05) is 6.08 Å². The molecule has 1 aromatic rings. The van der Waals surface area contributed by atoms with E-state index in [1.165, 1.54) is 0 Å². The highest BCUT2D eigenvalue weighted by molar-refractivity contribution is 7.84. The van der Waals surface area contributed by atoms with Gasteiger partial charge in [0.2, 0.25) is 26.6 Å². The number of amides is 2. The standard InChI is InChI=1S/C24H37N3O20P4/c28-5-13-14(6-29)23(27-4-3-18(31)26-24(27)35)47-15(13)7-44-50(40,41)10-48(36,37)9-49(38,39)11-51(42,43)45-8-16-19(32)20(33)21(46-16)12-1-2-17(30)25-22(12)34/h1-4,12-16,19-21,23,28-29,32-33H,5-11H2,(H,36,37)(H,38,39)(H,40,41)(H,42,43)(H,25,30,34)(H,26,31,35)/t12?,13?,14?,15-,16-,19?,20+,21+,23-/m1/s1. The van der Waals surface area contributed by atoms with Gasteiger partial charge in [-0.15, -0.1) is 0 Å². The maximum absolute atomic E-state index is 12.8. The largest absolute Gasteiger partial charge is 0.396 e. The van der Waals surface area contributed by atoms with Gasteiger partial charge in [0.05, 0.1) is 31.8 Å². The average Bonchev–Trinajstić information content (AvgIpc) is 3.49. The number of H-pyrrole nitrogens is 1. The van der Waals surface area contributed by atoms with Crippen molar-refractivity contribution in [3.63, 3.8) is 0 Å². The third kappa shape index (κ3) is 10.6. The van der Waals surface area contributed by atoms with Crippen LogP contribution in [0.15, 0.2) is 34.0 Å². The molecule has 1 aromatic heterocycles. The lowest BCUT2D eigenvalue weighted by atomic mass is 9.91. The van der Waals surface area contributed by atoms with Gasteiger partial charge in [0.1, 0.15) is 48.4 Å². The molecule has 0 aliphatic carbocycles. The number of nitrogens with one attached hydrogen (secondary N) is 2. The number of hydrogen-bond donors (Lipinski definition) is 10. The first kappa shape index (κ1) is 41.8. The molecule has 10 N–H and O–H groups in total. The number of hydrogen-bond acceptors (Lipinski definition) is 16. The molecular weight excluding hydrogens is 774 g/mol. The van der Waals surface area contributed by atoms with E-state index in [4.69, 9.17) is 18.5 Å². The zero-order chi connectivity index (χ0) is 38.1. The molecule has 0 bridgehead atoms. The molecule has 0 saturated carbocycles. The van der Waals surface area contributed by atoms with Crippen LogP contribution in [0.25, 0.3) is 0 Å². The van der Waals surface area contributed by atoms with Crippen molar-refractivity contribution in [2.45, 2.75) is 36.7 Å². The fraction of sp³-hybridized carbons (Fsp3) is 0.667. The fourth-order valence-electron chi connectivity index (χ4n) is 5.86. The minimum atomic E-state index is -5.13. The third-order valence-electron chi connectivity index (χ3n) is 8.13. The van der Waals surface area contributed by atoms with Gasteiger partial charge in [0.15, 0.2) is 0 Å². The second-order valence-corrected chi connectivity index (χ2v) is 22.0. The minimum Gasteiger partial charge on any atom is -0.396 e. The summed E-state index contributed by atoms with van der Waals surface area (Å²) < 4.78 is 72.6. The summed E-state index contributed by atoms with van der Waals surface area (Å²) in [5.74, 6) is -9.69. The van der Waals surface area contributed by atoms with Crippen molar-refractivity contribution in [1.29, 1.82) is 0 Å². The molecule has 3 aliphatic heterocycles. The van der Waals surface area contributed by atoms with Crippen molar-refractivity contribution in [2.75, 3.05) is 44.1 Å². The maximum Gasteiger partial charge on any atom is 0.337 e. The van der Waals surface area contributed by atoms with Crippen LogP contribution in [-0.4, -0.2) is 136 Å². The summed E-state index contributed by atoms with van der Waals surface area (Å²) in [6.45, 7) is -3.14. The first-order valence-electron chi connectivity index (χ1n) is 14.9. The number of aliphatic hydroxyl groups is 4. The zero-order valence-electron chi connectivity index (χ0n) is 26.2. The summed E-state index contributed by atoms with van der Waals surface area (Å²) in [5.41, 5.74) is -1.66. The Balaban J connectivity index is 1.32. The van der Waals surface area contributed by atoms with Crippen LogP contribution < -0.4 is 16.6 Å². The second-order valence-electron chi connectivity index (χ2n) is 12.1. The van der Waals surface area contributed by atoms with Crippen LogP contribution in [0.5, 0.6) is 0 Å².